The van der Waals surface area contributed by atoms with Crippen LogP contribution in [0.4, 0.5) is 0 Å². The zero-order chi connectivity index (χ0) is 18.0. The molecule has 0 saturated heterocycles. The molecule has 2 N–H and O–H groups in total. The van der Waals surface area contributed by atoms with Crippen LogP contribution in [0.25, 0.3) is 0 Å². The van der Waals surface area contributed by atoms with Gasteiger partial charge in [0.05, 0.1) is 0 Å². The number of hydrogen-bond acceptors (Lipinski definition) is 3. The summed E-state index contributed by atoms with van der Waals surface area (Å²) < 4.78 is 0. The maximum atomic E-state index is 12.7. The minimum Gasteiger partial charge on any atom is -0.507 e. The molecule has 130 valence electrons. The van der Waals surface area contributed by atoms with Crippen molar-refractivity contribution in [3.8, 4) is 5.75 Å². The largest absolute Gasteiger partial charge is 0.507 e. The molecular formula is C19H32N2O2. The molecule has 0 saturated carbocycles. The van der Waals surface area contributed by atoms with Gasteiger partial charge in [-0.3, -0.25) is 4.79 Å². The molecule has 1 aromatic rings. The average molecular weight is 320 g/mol. The fraction of sp³-hybridized carbons (Fsp3) is 0.632. The van der Waals surface area contributed by atoms with Gasteiger partial charge in [-0.05, 0) is 30.0 Å². The normalized spacial score (nSPS) is 12.3. The van der Waals surface area contributed by atoms with Crippen LogP contribution >= 0.6 is 0 Å². The summed E-state index contributed by atoms with van der Waals surface area (Å²) in [7, 11) is 3.67. The van der Waals surface area contributed by atoms with Crippen LogP contribution in [-0.2, 0) is 10.8 Å². The lowest BCUT2D eigenvalue weighted by atomic mass is 9.78. The Kier molecular flexibility index (Phi) is 5.86. The lowest BCUT2D eigenvalue weighted by Gasteiger charge is -2.28. The Hall–Kier alpha value is -1.55. The highest BCUT2D eigenvalue weighted by molar-refractivity contribution is 5.95. The Morgan fingerprint density at radius 2 is 1.52 bits per heavy atom. The van der Waals surface area contributed by atoms with Crippen LogP contribution < -0.4 is 5.32 Å². The van der Waals surface area contributed by atoms with E-state index in [2.05, 4.69) is 5.32 Å². The standard InChI is InChI=1S/C19H32N2O2/c1-18(2,3)14-11-13(17(23)21(8)10-9-20-7)12-15(16(14)22)19(4,5)6/h11-12,20,22H,9-10H2,1-8H3. The smallest absolute Gasteiger partial charge is 0.253 e. The molecule has 1 amide bonds. The third kappa shape index (κ3) is 4.71. The zero-order valence-corrected chi connectivity index (χ0v) is 15.9. The number of nitrogens with one attached hydrogen (secondary N) is 1. The molecule has 4 heteroatoms. The summed E-state index contributed by atoms with van der Waals surface area (Å²) in [5.74, 6) is 0.288. The lowest BCUT2D eigenvalue weighted by Crippen LogP contribution is -2.33. The Labute approximate surface area is 140 Å². The van der Waals surface area contributed by atoms with Crippen LogP contribution in [-0.4, -0.2) is 43.1 Å². The first-order valence-corrected chi connectivity index (χ1v) is 8.17. The summed E-state index contributed by atoms with van der Waals surface area (Å²) in [5, 5.41) is 13.8. The molecule has 0 spiro atoms. The molecule has 0 aliphatic heterocycles. The van der Waals surface area contributed by atoms with Crippen LogP contribution in [0.15, 0.2) is 12.1 Å². The minimum absolute atomic E-state index is 0.0174. The first-order chi connectivity index (χ1) is 10.4. The van der Waals surface area contributed by atoms with Crippen LogP contribution in [0.5, 0.6) is 5.75 Å². The van der Waals surface area contributed by atoms with Crippen LogP contribution in [0.1, 0.15) is 63.0 Å². The number of likely N-dealkylation sites (N-methyl/N-ethyl adjacent to an activating group) is 2. The average Bonchev–Trinajstić information content (AvgIpc) is 2.41. The van der Waals surface area contributed by atoms with Crippen molar-refractivity contribution in [1.29, 1.82) is 0 Å². The Morgan fingerprint density at radius 3 is 1.87 bits per heavy atom. The third-order valence-corrected chi connectivity index (χ3v) is 4.02. The van der Waals surface area contributed by atoms with Crippen molar-refractivity contribution >= 4 is 5.91 Å². The first kappa shape index (κ1) is 19.5. The van der Waals surface area contributed by atoms with Gasteiger partial charge in [0.25, 0.3) is 5.91 Å². The van der Waals surface area contributed by atoms with Gasteiger partial charge in [0, 0.05) is 36.8 Å². The van der Waals surface area contributed by atoms with E-state index in [4.69, 9.17) is 0 Å². The van der Waals surface area contributed by atoms with Crippen molar-refractivity contribution in [3.63, 3.8) is 0 Å². The van der Waals surface area contributed by atoms with Gasteiger partial charge in [0.15, 0.2) is 0 Å². The Bertz CT molecular complexity index is 531. The predicted octanol–water partition coefficient (Wildman–Crippen LogP) is 3.28. The highest BCUT2D eigenvalue weighted by Gasteiger charge is 2.28. The highest BCUT2D eigenvalue weighted by atomic mass is 16.3. The number of nitrogens with zero attached hydrogens (tertiary/aromatic N) is 1. The van der Waals surface area contributed by atoms with E-state index in [1.807, 2.05) is 60.7 Å². The molecule has 0 fully saturated rings. The summed E-state index contributed by atoms with van der Waals surface area (Å²) in [5.41, 5.74) is 1.80. The molecular weight excluding hydrogens is 288 g/mol. The second-order valence-electron chi connectivity index (χ2n) is 8.25. The monoisotopic (exact) mass is 320 g/mol. The molecule has 0 heterocycles. The number of aromatic hydroxyl groups is 1. The second-order valence-corrected chi connectivity index (χ2v) is 8.25. The van der Waals surface area contributed by atoms with Crippen LogP contribution in [0, 0.1) is 0 Å². The quantitative estimate of drug-likeness (QED) is 0.895. The van der Waals surface area contributed by atoms with E-state index in [9.17, 15) is 9.90 Å². The summed E-state index contributed by atoms with van der Waals surface area (Å²) in [6, 6.07) is 3.67. The molecule has 23 heavy (non-hydrogen) atoms. The van der Waals surface area contributed by atoms with Crippen molar-refractivity contribution in [2.24, 2.45) is 0 Å². The van der Waals surface area contributed by atoms with Gasteiger partial charge in [0.2, 0.25) is 0 Å². The molecule has 0 aliphatic carbocycles. The molecule has 0 atom stereocenters. The number of amides is 1. The number of hydrogen-bond donors (Lipinski definition) is 2. The van der Waals surface area contributed by atoms with Crippen LogP contribution in [0.2, 0.25) is 0 Å². The molecule has 0 aliphatic rings. The van der Waals surface area contributed by atoms with E-state index in [-0.39, 0.29) is 16.7 Å². The zero-order valence-electron chi connectivity index (χ0n) is 15.9. The van der Waals surface area contributed by atoms with Gasteiger partial charge in [-0.1, -0.05) is 41.5 Å². The number of benzene rings is 1. The summed E-state index contributed by atoms with van der Waals surface area (Å²) >= 11 is 0. The fourth-order valence-corrected chi connectivity index (χ4v) is 2.50. The van der Waals surface area contributed by atoms with E-state index in [0.29, 0.717) is 17.9 Å². The minimum atomic E-state index is -0.232. The predicted molar refractivity (Wildman–Crippen MR) is 96.4 cm³/mol. The highest BCUT2D eigenvalue weighted by Crippen LogP contribution is 2.39. The number of phenols is 1. The molecule has 4 nitrogen and oxygen atoms in total. The number of rotatable bonds is 4. The van der Waals surface area contributed by atoms with E-state index in [0.717, 1.165) is 17.7 Å². The molecule has 0 aromatic heterocycles. The maximum Gasteiger partial charge on any atom is 0.253 e. The fourth-order valence-electron chi connectivity index (χ4n) is 2.50. The third-order valence-electron chi connectivity index (χ3n) is 4.02. The summed E-state index contributed by atoms with van der Waals surface area (Å²) in [6.07, 6.45) is 0. The van der Waals surface area contributed by atoms with E-state index >= 15 is 0 Å². The number of carbonyl (C=O) groups is 1. The van der Waals surface area contributed by atoms with Crippen molar-refractivity contribution in [2.45, 2.75) is 52.4 Å². The topological polar surface area (TPSA) is 52.6 Å². The SMILES string of the molecule is CNCCN(C)C(=O)c1cc(C(C)(C)C)c(O)c(C(C)(C)C)c1. The molecule has 0 radical (unpaired) electrons. The van der Waals surface area contributed by atoms with Crippen molar-refractivity contribution < 1.29 is 9.90 Å². The number of carbonyl (C=O) groups excluding carboxylic acids is 1. The van der Waals surface area contributed by atoms with Crippen molar-refractivity contribution in [2.75, 3.05) is 27.2 Å². The summed E-state index contributed by atoms with van der Waals surface area (Å²) in [6.45, 7) is 13.7. The van der Waals surface area contributed by atoms with E-state index in [1.54, 1.807) is 11.9 Å². The maximum absolute atomic E-state index is 12.7. The van der Waals surface area contributed by atoms with Gasteiger partial charge in [-0.25, -0.2) is 0 Å². The molecule has 0 bridgehead atoms. The van der Waals surface area contributed by atoms with Gasteiger partial charge >= 0.3 is 0 Å². The Morgan fingerprint density at radius 1 is 1.09 bits per heavy atom. The number of phenolic OH excluding ortho intramolecular Hbond substituents is 1. The second kappa shape index (κ2) is 6.91. The van der Waals surface area contributed by atoms with Gasteiger partial charge in [-0.2, -0.15) is 0 Å². The molecule has 1 aromatic carbocycles. The van der Waals surface area contributed by atoms with Gasteiger partial charge < -0.3 is 15.3 Å². The van der Waals surface area contributed by atoms with Crippen molar-refractivity contribution in [1.82, 2.24) is 10.2 Å². The van der Waals surface area contributed by atoms with Gasteiger partial charge in [0.1, 0.15) is 5.75 Å². The Balaban J connectivity index is 3.42. The van der Waals surface area contributed by atoms with E-state index < -0.39 is 0 Å². The first-order valence-electron chi connectivity index (χ1n) is 8.17. The van der Waals surface area contributed by atoms with Gasteiger partial charge in [-0.15, -0.1) is 0 Å². The molecule has 0 unspecified atom stereocenters. The lowest BCUT2D eigenvalue weighted by molar-refractivity contribution is 0.0796. The summed E-state index contributed by atoms with van der Waals surface area (Å²) in [4.78, 5) is 14.4. The van der Waals surface area contributed by atoms with Crippen LogP contribution in [0.3, 0.4) is 0 Å². The van der Waals surface area contributed by atoms with E-state index in [1.165, 1.54) is 0 Å². The van der Waals surface area contributed by atoms with Crippen molar-refractivity contribution in [3.05, 3.63) is 28.8 Å². The molecule has 1 rings (SSSR count).